The molecule has 1 saturated heterocycles. The van der Waals surface area contributed by atoms with Gasteiger partial charge in [0, 0.05) is 30.5 Å². The molecule has 5 heteroatoms. The summed E-state index contributed by atoms with van der Waals surface area (Å²) in [6.07, 6.45) is 3.62. The summed E-state index contributed by atoms with van der Waals surface area (Å²) in [5.74, 6) is 0.456. The maximum atomic E-state index is 11.5. The summed E-state index contributed by atoms with van der Waals surface area (Å²) >= 11 is 0. The van der Waals surface area contributed by atoms with E-state index < -0.39 is 0 Å². The minimum absolute atomic E-state index is 0.0349. The molecule has 0 aromatic rings. The van der Waals surface area contributed by atoms with E-state index in [0.717, 1.165) is 19.3 Å². The van der Waals surface area contributed by atoms with Crippen molar-refractivity contribution in [3.63, 3.8) is 0 Å². The van der Waals surface area contributed by atoms with Gasteiger partial charge in [-0.3, -0.25) is 4.79 Å². The lowest BCUT2D eigenvalue weighted by atomic mass is 9.81. The molecular weight excluding hydrogens is 180 g/mol. The van der Waals surface area contributed by atoms with Crippen LogP contribution in [-0.2, 0) is 4.79 Å². The van der Waals surface area contributed by atoms with Crippen LogP contribution in [0.15, 0.2) is 5.11 Å². The number of hydrogen-bond donors (Lipinski definition) is 0. The van der Waals surface area contributed by atoms with Crippen molar-refractivity contribution >= 4 is 5.91 Å². The van der Waals surface area contributed by atoms with Crippen LogP contribution in [0, 0.1) is 5.92 Å². The first-order chi connectivity index (χ1) is 6.74. The van der Waals surface area contributed by atoms with Crippen molar-refractivity contribution in [2.75, 3.05) is 7.05 Å². The summed E-state index contributed by atoms with van der Waals surface area (Å²) in [6, 6.07) is 0.347. The lowest BCUT2D eigenvalue weighted by Gasteiger charge is -2.33. The van der Waals surface area contributed by atoms with E-state index in [2.05, 4.69) is 10.0 Å². The third-order valence-electron chi connectivity index (χ3n) is 3.49. The molecule has 5 nitrogen and oxygen atoms in total. The molecule has 0 spiro atoms. The highest BCUT2D eigenvalue weighted by molar-refractivity contribution is 5.79. The van der Waals surface area contributed by atoms with Crippen LogP contribution < -0.4 is 0 Å². The van der Waals surface area contributed by atoms with Crippen LogP contribution in [0.5, 0.6) is 0 Å². The molecule has 1 aliphatic heterocycles. The van der Waals surface area contributed by atoms with Crippen molar-refractivity contribution in [3.05, 3.63) is 10.4 Å². The average molecular weight is 194 g/mol. The number of carbonyl (C=O) groups excluding carboxylic acids is 1. The Bertz CT molecular complexity index is 297. The highest BCUT2D eigenvalue weighted by Crippen LogP contribution is 2.37. The molecule has 0 N–H and O–H groups in total. The Hall–Kier alpha value is -1.22. The van der Waals surface area contributed by atoms with Gasteiger partial charge in [0.05, 0.1) is 0 Å². The number of likely N-dealkylation sites (tertiary alicyclic amines) is 1. The maximum Gasteiger partial charge on any atom is 0.222 e. The van der Waals surface area contributed by atoms with Gasteiger partial charge in [0.25, 0.3) is 0 Å². The number of rotatable bonds is 1. The SMILES string of the molecule is CN1C(=O)CC2C(N=[N+]=[N-])CCCC21. The van der Waals surface area contributed by atoms with E-state index in [-0.39, 0.29) is 17.9 Å². The van der Waals surface area contributed by atoms with E-state index >= 15 is 0 Å². The van der Waals surface area contributed by atoms with Crippen molar-refractivity contribution < 1.29 is 4.79 Å². The molecule has 14 heavy (non-hydrogen) atoms. The number of azide groups is 1. The van der Waals surface area contributed by atoms with E-state index in [1.807, 2.05) is 11.9 Å². The Labute approximate surface area is 82.7 Å². The van der Waals surface area contributed by atoms with Gasteiger partial charge in [-0.25, -0.2) is 0 Å². The number of carbonyl (C=O) groups is 1. The molecule has 3 unspecified atom stereocenters. The fraction of sp³-hybridized carbons (Fsp3) is 0.889. The number of nitrogens with zero attached hydrogens (tertiary/aromatic N) is 4. The summed E-state index contributed by atoms with van der Waals surface area (Å²) in [7, 11) is 1.85. The molecule has 2 fully saturated rings. The van der Waals surface area contributed by atoms with E-state index in [1.165, 1.54) is 0 Å². The first-order valence-corrected chi connectivity index (χ1v) is 5.04. The minimum Gasteiger partial charge on any atom is -0.342 e. The Morgan fingerprint density at radius 3 is 3.07 bits per heavy atom. The Balaban J connectivity index is 2.19. The van der Waals surface area contributed by atoms with Gasteiger partial charge >= 0.3 is 0 Å². The molecular formula is C9H14N4O. The first kappa shape index (κ1) is 9.34. The second kappa shape index (κ2) is 3.50. The lowest BCUT2D eigenvalue weighted by molar-refractivity contribution is -0.127. The van der Waals surface area contributed by atoms with Crippen LogP contribution in [0.2, 0.25) is 0 Å². The number of hydrogen-bond acceptors (Lipinski definition) is 2. The van der Waals surface area contributed by atoms with Crippen LogP contribution in [0.3, 0.4) is 0 Å². The molecule has 0 aromatic heterocycles. The second-order valence-corrected chi connectivity index (χ2v) is 4.14. The molecule has 3 atom stereocenters. The quantitative estimate of drug-likeness (QED) is 0.356. The third-order valence-corrected chi connectivity index (χ3v) is 3.49. The minimum atomic E-state index is 0.0349. The van der Waals surface area contributed by atoms with Crippen molar-refractivity contribution in [3.8, 4) is 0 Å². The topological polar surface area (TPSA) is 69.1 Å². The van der Waals surface area contributed by atoms with Crippen LogP contribution in [0.25, 0.3) is 10.4 Å². The number of amides is 1. The fourth-order valence-electron chi connectivity index (χ4n) is 2.71. The highest BCUT2D eigenvalue weighted by atomic mass is 16.2. The van der Waals surface area contributed by atoms with Gasteiger partial charge in [-0.05, 0) is 24.3 Å². The van der Waals surface area contributed by atoms with E-state index in [4.69, 9.17) is 5.53 Å². The van der Waals surface area contributed by atoms with Crippen molar-refractivity contribution in [1.29, 1.82) is 0 Å². The molecule has 1 saturated carbocycles. The molecule has 1 aliphatic carbocycles. The lowest BCUT2D eigenvalue weighted by Crippen LogP contribution is -2.38. The molecule has 1 amide bonds. The van der Waals surface area contributed by atoms with Crippen molar-refractivity contribution in [1.82, 2.24) is 4.90 Å². The number of fused-ring (bicyclic) bond motifs is 1. The third kappa shape index (κ3) is 1.34. The van der Waals surface area contributed by atoms with E-state index in [0.29, 0.717) is 12.5 Å². The predicted molar refractivity (Wildman–Crippen MR) is 51.5 cm³/mol. The normalized spacial score (nSPS) is 36.5. The summed E-state index contributed by atoms with van der Waals surface area (Å²) in [6.45, 7) is 0. The van der Waals surface area contributed by atoms with Crippen LogP contribution >= 0.6 is 0 Å². The largest absolute Gasteiger partial charge is 0.342 e. The van der Waals surface area contributed by atoms with Crippen molar-refractivity contribution in [2.45, 2.75) is 37.8 Å². The zero-order valence-corrected chi connectivity index (χ0v) is 8.26. The summed E-state index contributed by atoms with van der Waals surface area (Å²) in [5, 5.41) is 3.80. The van der Waals surface area contributed by atoms with Gasteiger partial charge in [-0.15, -0.1) is 0 Å². The zero-order valence-electron chi connectivity index (χ0n) is 8.26. The molecule has 2 rings (SSSR count). The Kier molecular flexibility index (Phi) is 2.33. The van der Waals surface area contributed by atoms with Crippen LogP contribution in [0.4, 0.5) is 0 Å². The smallest absolute Gasteiger partial charge is 0.222 e. The maximum absolute atomic E-state index is 11.5. The second-order valence-electron chi connectivity index (χ2n) is 4.14. The molecule has 0 bridgehead atoms. The van der Waals surface area contributed by atoms with E-state index in [1.54, 1.807) is 0 Å². The van der Waals surface area contributed by atoms with Gasteiger partial charge in [-0.2, -0.15) is 0 Å². The van der Waals surface area contributed by atoms with Gasteiger partial charge in [-0.1, -0.05) is 11.5 Å². The predicted octanol–water partition coefficient (Wildman–Crippen LogP) is 1.70. The fourth-order valence-corrected chi connectivity index (χ4v) is 2.71. The highest BCUT2D eigenvalue weighted by Gasteiger charge is 2.43. The molecule has 0 radical (unpaired) electrons. The van der Waals surface area contributed by atoms with Crippen molar-refractivity contribution in [2.24, 2.45) is 11.0 Å². The van der Waals surface area contributed by atoms with Gasteiger partial charge in [0.15, 0.2) is 0 Å². The molecule has 0 aromatic carbocycles. The van der Waals surface area contributed by atoms with Gasteiger partial charge < -0.3 is 4.90 Å². The Morgan fingerprint density at radius 1 is 1.57 bits per heavy atom. The average Bonchev–Trinajstić information content (AvgIpc) is 2.46. The van der Waals surface area contributed by atoms with Gasteiger partial charge in [0.2, 0.25) is 5.91 Å². The van der Waals surface area contributed by atoms with Gasteiger partial charge in [0.1, 0.15) is 0 Å². The summed E-state index contributed by atoms with van der Waals surface area (Å²) in [4.78, 5) is 16.2. The monoisotopic (exact) mass is 194 g/mol. The zero-order chi connectivity index (χ0) is 10.1. The summed E-state index contributed by atoms with van der Waals surface area (Å²) in [5.41, 5.74) is 8.43. The summed E-state index contributed by atoms with van der Waals surface area (Å²) < 4.78 is 0. The molecule has 1 heterocycles. The first-order valence-electron chi connectivity index (χ1n) is 5.04. The molecule has 2 aliphatic rings. The Morgan fingerprint density at radius 2 is 2.36 bits per heavy atom. The van der Waals surface area contributed by atoms with E-state index in [9.17, 15) is 4.79 Å². The van der Waals surface area contributed by atoms with Crippen LogP contribution in [0.1, 0.15) is 25.7 Å². The standard InChI is InChI=1S/C9H14N4O/c1-13-8-4-2-3-7(11-12-10)6(8)5-9(13)14/h6-8H,2-5H2,1H3. The molecule has 76 valence electrons. The van der Waals surface area contributed by atoms with Crippen LogP contribution in [-0.4, -0.2) is 29.9 Å².